The summed E-state index contributed by atoms with van der Waals surface area (Å²) in [6.07, 6.45) is 0. The molecule has 0 fully saturated rings. The monoisotopic (exact) mass is 377 g/mol. The number of hydrogen-bond acceptors (Lipinski definition) is 4. The number of nitrogens with zero attached hydrogens (tertiary/aromatic N) is 2. The first-order valence-electron chi connectivity index (χ1n) is 8.02. The van der Waals surface area contributed by atoms with Crippen molar-refractivity contribution >= 4 is 23.2 Å². The first-order valence-corrected chi connectivity index (χ1v) is 8.02. The highest BCUT2D eigenvalue weighted by Crippen LogP contribution is 2.20. The number of halogens is 2. The van der Waals surface area contributed by atoms with Gasteiger partial charge in [0, 0.05) is 23.7 Å². The van der Waals surface area contributed by atoms with Crippen LogP contribution >= 0.6 is 0 Å². The number of benzene rings is 2. The van der Waals surface area contributed by atoms with Gasteiger partial charge in [-0.2, -0.15) is 0 Å². The molecule has 0 heterocycles. The fraction of sp³-hybridized carbons (Fsp3) is 0.222. The van der Waals surface area contributed by atoms with Crippen molar-refractivity contribution in [3.8, 4) is 0 Å². The van der Waals surface area contributed by atoms with Crippen molar-refractivity contribution < 1.29 is 23.3 Å². The van der Waals surface area contributed by atoms with Crippen LogP contribution in [0.4, 0.5) is 20.2 Å². The van der Waals surface area contributed by atoms with E-state index < -0.39 is 40.6 Å². The predicted molar refractivity (Wildman–Crippen MR) is 94.4 cm³/mol. The zero-order valence-corrected chi connectivity index (χ0v) is 14.7. The van der Waals surface area contributed by atoms with Gasteiger partial charge in [-0.1, -0.05) is 6.07 Å². The van der Waals surface area contributed by atoms with Crippen molar-refractivity contribution in [1.82, 2.24) is 4.90 Å². The lowest BCUT2D eigenvalue weighted by molar-refractivity contribution is -0.385. The van der Waals surface area contributed by atoms with Gasteiger partial charge in [-0.15, -0.1) is 0 Å². The van der Waals surface area contributed by atoms with Crippen LogP contribution in [0.3, 0.4) is 0 Å². The molecule has 0 aliphatic rings. The van der Waals surface area contributed by atoms with E-state index in [0.717, 1.165) is 17.0 Å². The third-order valence-corrected chi connectivity index (χ3v) is 3.87. The fourth-order valence-corrected chi connectivity index (χ4v) is 2.47. The number of nitro groups is 1. The van der Waals surface area contributed by atoms with Crippen molar-refractivity contribution in [3.05, 3.63) is 69.3 Å². The molecule has 0 aliphatic carbocycles. The molecule has 0 atom stereocenters. The number of nitrogens with one attached hydrogen (secondary N) is 1. The number of amides is 2. The normalized spacial score (nSPS) is 10.4. The van der Waals surface area contributed by atoms with E-state index >= 15 is 0 Å². The van der Waals surface area contributed by atoms with Gasteiger partial charge >= 0.3 is 0 Å². The molecule has 2 aromatic rings. The maximum Gasteiger partial charge on any atom is 0.272 e. The van der Waals surface area contributed by atoms with Crippen LogP contribution in [-0.4, -0.2) is 34.7 Å². The minimum Gasteiger partial charge on any atom is -0.330 e. The van der Waals surface area contributed by atoms with E-state index in [1.54, 1.807) is 6.92 Å². The molecule has 0 saturated carbocycles. The molecule has 27 heavy (non-hydrogen) atoms. The smallest absolute Gasteiger partial charge is 0.272 e. The highest BCUT2D eigenvalue weighted by atomic mass is 19.1. The van der Waals surface area contributed by atoms with Gasteiger partial charge < -0.3 is 10.2 Å². The summed E-state index contributed by atoms with van der Waals surface area (Å²) in [6.45, 7) is 2.85. The van der Waals surface area contributed by atoms with Crippen LogP contribution in [0.5, 0.6) is 0 Å². The number of likely N-dealkylation sites (N-methyl/N-ethyl adjacent to an activating group) is 1. The standard InChI is InChI=1S/C18H17F2N3O4/c1-3-22(10-16(24)21-17-13(19)5-4-6-14(17)20)18(25)12-7-8-15(23(26)27)11(2)9-12/h4-9H,3,10H2,1-2H3,(H,21,24). The van der Waals surface area contributed by atoms with Crippen LogP contribution in [0.1, 0.15) is 22.8 Å². The highest BCUT2D eigenvalue weighted by Gasteiger charge is 2.21. The molecular weight excluding hydrogens is 360 g/mol. The summed E-state index contributed by atoms with van der Waals surface area (Å²) in [6, 6.07) is 7.04. The van der Waals surface area contributed by atoms with E-state index in [-0.39, 0.29) is 17.8 Å². The first kappa shape index (κ1) is 20.0. The van der Waals surface area contributed by atoms with Crippen molar-refractivity contribution in [1.29, 1.82) is 0 Å². The van der Waals surface area contributed by atoms with Gasteiger partial charge in [0.25, 0.3) is 11.6 Å². The molecule has 7 nitrogen and oxygen atoms in total. The van der Waals surface area contributed by atoms with E-state index in [9.17, 15) is 28.5 Å². The maximum absolute atomic E-state index is 13.6. The summed E-state index contributed by atoms with van der Waals surface area (Å²) in [5.41, 5.74) is -0.232. The van der Waals surface area contributed by atoms with Crippen LogP contribution in [0.25, 0.3) is 0 Å². The van der Waals surface area contributed by atoms with Crippen molar-refractivity contribution in [2.45, 2.75) is 13.8 Å². The summed E-state index contributed by atoms with van der Waals surface area (Å²) in [5, 5.41) is 13.0. The summed E-state index contributed by atoms with van der Waals surface area (Å²) in [5.74, 6) is -3.15. The third kappa shape index (κ3) is 4.63. The molecule has 0 aromatic heterocycles. The Kier molecular flexibility index (Phi) is 6.17. The third-order valence-electron chi connectivity index (χ3n) is 3.87. The summed E-state index contributed by atoms with van der Waals surface area (Å²) in [7, 11) is 0. The van der Waals surface area contributed by atoms with Gasteiger partial charge in [-0.25, -0.2) is 8.78 Å². The molecule has 142 valence electrons. The SMILES string of the molecule is CCN(CC(=O)Nc1c(F)cccc1F)C(=O)c1ccc([N+](=O)[O-])c(C)c1. The Morgan fingerprint density at radius 3 is 2.33 bits per heavy atom. The molecule has 2 aromatic carbocycles. The van der Waals surface area contributed by atoms with Gasteiger partial charge in [-0.3, -0.25) is 19.7 Å². The molecule has 0 radical (unpaired) electrons. The number of carbonyl (C=O) groups is 2. The largest absolute Gasteiger partial charge is 0.330 e. The molecule has 2 amide bonds. The Labute approximate surface area is 153 Å². The Hall–Kier alpha value is -3.36. The lowest BCUT2D eigenvalue weighted by Gasteiger charge is -2.20. The molecule has 0 unspecified atom stereocenters. The number of carbonyl (C=O) groups excluding carboxylic acids is 2. The van der Waals surface area contributed by atoms with Crippen LogP contribution < -0.4 is 5.32 Å². The van der Waals surface area contributed by atoms with Gasteiger partial charge in [0.2, 0.25) is 5.91 Å². The molecule has 0 aliphatic heterocycles. The van der Waals surface area contributed by atoms with E-state index in [1.807, 2.05) is 0 Å². The minimum atomic E-state index is -0.927. The Morgan fingerprint density at radius 1 is 1.19 bits per heavy atom. The van der Waals surface area contributed by atoms with Crippen LogP contribution in [-0.2, 0) is 4.79 Å². The molecule has 9 heteroatoms. The second-order valence-corrected chi connectivity index (χ2v) is 5.72. The van der Waals surface area contributed by atoms with Gasteiger partial charge in [0.1, 0.15) is 23.9 Å². The minimum absolute atomic E-state index is 0.123. The molecular formula is C18H17F2N3O4. The predicted octanol–water partition coefficient (Wildman–Crippen LogP) is 3.28. The second kappa shape index (κ2) is 8.35. The first-order chi connectivity index (χ1) is 12.7. The van der Waals surface area contributed by atoms with Crippen molar-refractivity contribution in [3.63, 3.8) is 0 Å². The lowest BCUT2D eigenvalue weighted by Crippen LogP contribution is -2.38. The summed E-state index contributed by atoms with van der Waals surface area (Å²) < 4.78 is 27.2. The number of hydrogen-bond donors (Lipinski definition) is 1. The average molecular weight is 377 g/mol. The van der Waals surface area contributed by atoms with E-state index in [2.05, 4.69) is 5.32 Å². The number of aryl methyl sites for hydroxylation is 1. The van der Waals surface area contributed by atoms with E-state index in [1.165, 1.54) is 31.2 Å². The molecule has 0 saturated heterocycles. The Balaban J connectivity index is 2.14. The quantitative estimate of drug-likeness (QED) is 0.618. The van der Waals surface area contributed by atoms with E-state index in [0.29, 0.717) is 5.56 Å². The topological polar surface area (TPSA) is 92.6 Å². The van der Waals surface area contributed by atoms with Crippen LogP contribution in [0, 0.1) is 28.7 Å². The summed E-state index contributed by atoms with van der Waals surface area (Å²) >= 11 is 0. The number of nitro benzene ring substituents is 1. The van der Waals surface area contributed by atoms with E-state index in [4.69, 9.17) is 0 Å². The number of para-hydroxylation sites is 1. The Bertz CT molecular complexity index is 882. The maximum atomic E-state index is 13.6. The zero-order valence-electron chi connectivity index (χ0n) is 14.7. The highest BCUT2D eigenvalue weighted by molar-refractivity contribution is 5.99. The van der Waals surface area contributed by atoms with Crippen LogP contribution in [0.2, 0.25) is 0 Å². The number of rotatable bonds is 6. The molecule has 2 rings (SSSR count). The summed E-state index contributed by atoms with van der Waals surface area (Å²) in [4.78, 5) is 36.1. The van der Waals surface area contributed by atoms with Crippen molar-refractivity contribution in [2.24, 2.45) is 0 Å². The Morgan fingerprint density at radius 2 is 1.81 bits per heavy atom. The van der Waals surface area contributed by atoms with Gasteiger partial charge in [0.15, 0.2) is 0 Å². The molecule has 0 spiro atoms. The fourth-order valence-electron chi connectivity index (χ4n) is 2.47. The zero-order chi connectivity index (χ0) is 20.1. The van der Waals surface area contributed by atoms with Gasteiger partial charge in [0.05, 0.1) is 4.92 Å². The van der Waals surface area contributed by atoms with Gasteiger partial charge in [-0.05, 0) is 38.1 Å². The van der Waals surface area contributed by atoms with Crippen LogP contribution in [0.15, 0.2) is 36.4 Å². The molecule has 0 bridgehead atoms. The second-order valence-electron chi connectivity index (χ2n) is 5.72. The number of anilines is 1. The van der Waals surface area contributed by atoms with Crippen molar-refractivity contribution in [2.75, 3.05) is 18.4 Å². The molecule has 1 N–H and O–H groups in total. The lowest BCUT2D eigenvalue weighted by atomic mass is 10.1. The average Bonchev–Trinajstić information content (AvgIpc) is 2.62.